The van der Waals surface area contributed by atoms with Crippen LogP contribution in [-0.2, 0) is 0 Å². The van der Waals surface area contributed by atoms with Crippen LogP contribution in [0.5, 0.6) is 0 Å². The van der Waals surface area contributed by atoms with E-state index in [-0.39, 0.29) is 22.8 Å². The van der Waals surface area contributed by atoms with E-state index in [0.717, 1.165) is 0 Å². The molecule has 0 spiro atoms. The van der Waals surface area contributed by atoms with Gasteiger partial charge in [-0.3, -0.25) is 4.79 Å². The number of H-pyrrole nitrogens is 1. The molecule has 0 radical (unpaired) electrons. The largest absolute Gasteiger partial charge is 0.393 e. The molecule has 0 aliphatic carbocycles. The predicted molar refractivity (Wildman–Crippen MR) is 40.3 cm³/mol. The highest BCUT2D eigenvalue weighted by molar-refractivity contribution is 5.60. The Morgan fingerprint density at radius 2 is 1.90 bits per heavy atom. The zero-order chi connectivity index (χ0) is 7.72. The third-order valence-electron chi connectivity index (χ3n) is 1.12. The summed E-state index contributed by atoms with van der Waals surface area (Å²) in [7, 11) is 0. The summed E-state index contributed by atoms with van der Waals surface area (Å²) >= 11 is 0. The molecule has 5 heteroatoms. The average Bonchev–Trinajstić information content (AvgIpc) is 1.82. The van der Waals surface area contributed by atoms with Gasteiger partial charge >= 0.3 is 0 Å². The molecule has 0 aliphatic heterocycles. The molecular formula is C5H8N4O. The van der Waals surface area contributed by atoms with E-state index < -0.39 is 0 Å². The molecule has 0 aliphatic rings. The summed E-state index contributed by atoms with van der Waals surface area (Å²) in [6.45, 7) is 0. The van der Waals surface area contributed by atoms with Gasteiger partial charge in [0.15, 0.2) is 0 Å². The molecule has 0 bridgehead atoms. The lowest BCUT2D eigenvalue weighted by Crippen LogP contribution is -2.13. The zero-order valence-electron chi connectivity index (χ0n) is 5.22. The number of rotatable bonds is 0. The highest BCUT2D eigenvalue weighted by atomic mass is 16.1. The van der Waals surface area contributed by atoms with E-state index in [0.29, 0.717) is 0 Å². The van der Waals surface area contributed by atoms with Crippen LogP contribution in [-0.4, -0.2) is 4.98 Å². The van der Waals surface area contributed by atoms with E-state index in [1.54, 1.807) is 0 Å². The highest BCUT2D eigenvalue weighted by Crippen LogP contribution is 2.05. The number of hydrogen-bond acceptors (Lipinski definition) is 4. The van der Waals surface area contributed by atoms with Crippen LogP contribution in [0.4, 0.5) is 17.3 Å². The molecule has 54 valence electrons. The number of nitrogen functional groups attached to an aromatic ring is 3. The van der Waals surface area contributed by atoms with Crippen LogP contribution in [0, 0.1) is 0 Å². The van der Waals surface area contributed by atoms with Gasteiger partial charge in [-0.25, -0.2) is 0 Å². The molecule has 5 nitrogen and oxygen atoms in total. The minimum Gasteiger partial charge on any atom is -0.393 e. The van der Waals surface area contributed by atoms with Crippen molar-refractivity contribution in [3.8, 4) is 0 Å². The fourth-order valence-corrected chi connectivity index (χ4v) is 0.611. The number of aromatic nitrogens is 1. The first-order valence-corrected chi connectivity index (χ1v) is 2.65. The molecule has 0 fully saturated rings. The number of pyridine rings is 1. The van der Waals surface area contributed by atoms with Crippen molar-refractivity contribution < 1.29 is 0 Å². The van der Waals surface area contributed by atoms with Crippen LogP contribution in [0.3, 0.4) is 0 Å². The normalized spacial score (nSPS) is 9.60. The summed E-state index contributed by atoms with van der Waals surface area (Å²) < 4.78 is 0. The van der Waals surface area contributed by atoms with E-state index in [4.69, 9.17) is 17.2 Å². The smallest absolute Gasteiger partial charge is 0.208 e. The van der Waals surface area contributed by atoms with Crippen molar-refractivity contribution in [1.82, 2.24) is 4.98 Å². The number of aromatic amines is 1. The van der Waals surface area contributed by atoms with Gasteiger partial charge in [-0.05, 0) is 0 Å². The molecule has 1 aromatic rings. The Morgan fingerprint density at radius 1 is 1.30 bits per heavy atom. The van der Waals surface area contributed by atoms with Gasteiger partial charge in [0.25, 0.3) is 0 Å². The van der Waals surface area contributed by atoms with Crippen molar-refractivity contribution in [3.05, 3.63) is 16.3 Å². The van der Waals surface area contributed by atoms with Crippen molar-refractivity contribution in [2.75, 3.05) is 17.2 Å². The van der Waals surface area contributed by atoms with E-state index >= 15 is 0 Å². The van der Waals surface area contributed by atoms with Crippen molar-refractivity contribution in [3.63, 3.8) is 0 Å². The third-order valence-corrected chi connectivity index (χ3v) is 1.12. The molecule has 1 heterocycles. The molecule has 7 N–H and O–H groups in total. The van der Waals surface area contributed by atoms with Gasteiger partial charge in [-0.15, -0.1) is 0 Å². The Bertz CT molecular complexity index is 303. The SMILES string of the molecule is Nc1cc(=O)c(N)c(N)[nH]1. The number of anilines is 3. The fraction of sp³-hybridized carbons (Fsp3) is 0. The van der Waals surface area contributed by atoms with Crippen LogP contribution < -0.4 is 22.6 Å². The maximum atomic E-state index is 10.8. The standard InChI is InChI=1S/C5H8N4O/c6-3-1-2(10)4(7)5(8)9-3/h1H,7H2,(H5,6,8,9,10). The lowest BCUT2D eigenvalue weighted by atomic mass is 10.4. The van der Waals surface area contributed by atoms with Crippen molar-refractivity contribution in [2.45, 2.75) is 0 Å². The van der Waals surface area contributed by atoms with Crippen molar-refractivity contribution in [2.24, 2.45) is 0 Å². The molecule has 0 saturated carbocycles. The van der Waals surface area contributed by atoms with E-state index in [1.807, 2.05) is 0 Å². The monoisotopic (exact) mass is 140 g/mol. The molecule has 0 saturated heterocycles. The topological polar surface area (TPSA) is 111 Å². The first-order valence-electron chi connectivity index (χ1n) is 2.65. The van der Waals surface area contributed by atoms with E-state index in [2.05, 4.69) is 4.98 Å². The van der Waals surface area contributed by atoms with E-state index in [9.17, 15) is 4.79 Å². The summed E-state index contributed by atoms with van der Waals surface area (Å²) in [5.41, 5.74) is 15.4. The number of nitrogens with one attached hydrogen (secondary N) is 1. The van der Waals surface area contributed by atoms with Crippen molar-refractivity contribution in [1.29, 1.82) is 0 Å². The van der Waals surface area contributed by atoms with Gasteiger partial charge in [-0.1, -0.05) is 0 Å². The van der Waals surface area contributed by atoms with Gasteiger partial charge in [0, 0.05) is 6.07 Å². The molecule has 0 atom stereocenters. The molecule has 0 unspecified atom stereocenters. The Labute approximate surface area is 56.8 Å². The Kier molecular flexibility index (Phi) is 1.26. The fourth-order valence-electron chi connectivity index (χ4n) is 0.611. The Balaban J connectivity index is 3.46. The molecule has 0 aromatic carbocycles. The summed E-state index contributed by atoms with van der Waals surface area (Å²) in [5.74, 6) is 0.335. The van der Waals surface area contributed by atoms with Crippen LogP contribution >= 0.6 is 0 Å². The van der Waals surface area contributed by atoms with E-state index in [1.165, 1.54) is 6.07 Å². The summed E-state index contributed by atoms with van der Waals surface area (Å²) in [4.78, 5) is 13.3. The summed E-state index contributed by atoms with van der Waals surface area (Å²) in [6.07, 6.45) is 0. The van der Waals surface area contributed by atoms with Crippen LogP contribution in [0.25, 0.3) is 0 Å². The van der Waals surface area contributed by atoms with Gasteiger partial charge in [-0.2, -0.15) is 0 Å². The minimum absolute atomic E-state index is 0.00852. The predicted octanol–water partition coefficient (Wildman–Crippen LogP) is -0.879. The molecule has 1 rings (SSSR count). The second kappa shape index (κ2) is 1.94. The molecule has 0 amide bonds. The van der Waals surface area contributed by atoms with Crippen LogP contribution in [0.2, 0.25) is 0 Å². The van der Waals surface area contributed by atoms with Crippen LogP contribution in [0.15, 0.2) is 10.9 Å². The van der Waals surface area contributed by atoms with Crippen molar-refractivity contribution >= 4 is 17.3 Å². The minimum atomic E-state index is -0.353. The lowest BCUT2D eigenvalue weighted by molar-refractivity contribution is 1.32. The first kappa shape index (κ1) is 6.47. The summed E-state index contributed by atoms with van der Waals surface area (Å²) in [6, 6.07) is 1.19. The molecule has 10 heavy (non-hydrogen) atoms. The first-order chi connectivity index (χ1) is 4.61. The van der Waals surface area contributed by atoms with Gasteiger partial charge in [0.05, 0.1) is 0 Å². The zero-order valence-corrected chi connectivity index (χ0v) is 5.22. The van der Waals surface area contributed by atoms with Gasteiger partial charge in [0.2, 0.25) is 5.43 Å². The highest BCUT2D eigenvalue weighted by Gasteiger charge is 1.98. The van der Waals surface area contributed by atoms with Gasteiger partial charge in [0.1, 0.15) is 17.3 Å². The maximum Gasteiger partial charge on any atom is 0.208 e. The molecule has 1 aromatic heterocycles. The average molecular weight is 140 g/mol. The lowest BCUT2D eigenvalue weighted by Gasteiger charge is -1.98. The second-order valence-electron chi connectivity index (χ2n) is 1.92. The van der Waals surface area contributed by atoms with Crippen LogP contribution in [0.1, 0.15) is 0 Å². The second-order valence-corrected chi connectivity index (χ2v) is 1.92. The van der Waals surface area contributed by atoms with Gasteiger partial charge < -0.3 is 22.2 Å². The summed E-state index contributed by atoms with van der Waals surface area (Å²) in [5, 5.41) is 0. The number of hydrogen-bond donors (Lipinski definition) is 4. The maximum absolute atomic E-state index is 10.8. The Morgan fingerprint density at radius 3 is 2.40 bits per heavy atom. The quantitative estimate of drug-likeness (QED) is 0.375. The number of nitrogens with two attached hydrogens (primary N) is 3. The third kappa shape index (κ3) is 0.883. The molecular weight excluding hydrogens is 132 g/mol. The Hall–Kier alpha value is -1.65.